The van der Waals surface area contributed by atoms with Crippen molar-refractivity contribution in [3.8, 4) is 0 Å². The van der Waals surface area contributed by atoms with Crippen LogP contribution in [0, 0.1) is 0 Å². The zero-order valence-electron chi connectivity index (χ0n) is 13.2. The van der Waals surface area contributed by atoms with E-state index in [0.29, 0.717) is 19.3 Å². The molecule has 0 aromatic rings. The number of unbranched alkanes of at least 4 members (excludes halogenated alkanes) is 5. The highest BCUT2D eigenvalue weighted by molar-refractivity contribution is 5.66. The first-order valence-corrected chi connectivity index (χ1v) is 8.19. The number of hydrogen-bond donors (Lipinski definition) is 4. The Morgan fingerprint density at radius 1 is 0.762 bits per heavy atom. The van der Waals surface area contributed by atoms with Gasteiger partial charge in [0, 0.05) is 6.42 Å². The first kappa shape index (κ1) is 20.3. The molecular weight excluding hydrogens is 272 g/mol. The lowest BCUT2D eigenvalue weighted by molar-refractivity contribution is -0.137. The second-order valence-corrected chi connectivity index (χ2v) is 5.97. The summed E-state index contributed by atoms with van der Waals surface area (Å²) in [6.07, 6.45) is 6.67. The van der Waals surface area contributed by atoms with Crippen LogP contribution < -0.4 is 0 Å². The minimum atomic E-state index is -0.734. The zero-order valence-corrected chi connectivity index (χ0v) is 13.2. The fraction of sp³-hybridized carbons (Fsp3) is 0.938. The molecule has 0 unspecified atom stereocenters. The van der Waals surface area contributed by atoms with Crippen LogP contribution in [0.1, 0.15) is 77.6 Å². The van der Waals surface area contributed by atoms with Crippen molar-refractivity contribution in [2.24, 2.45) is 0 Å². The molecule has 0 aromatic carbocycles. The summed E-state index contributed by atoms with van der Waals surface area (Å²) in [5, 5.41) is 37.2. The van der Waals surface area contributed by atoms with Crippen molar-refractivity contribution in [2.45, 2.75) is 95.9 Å². The first-order chi connectivity index (χ1) is 9.93. The van der Waals surface area contributed by atoms with Gasteiger partial charge in [-0.1, -0.05) is 32.1 Å². The third-order valence-electron chi connectivity index (χ3n) is 3.71. The Bertz CT molecular complexity index is 255. The van der Waals surface area contributed by atoms with Crippen LogP contribution in [-0.4, -0.2) is 44.7 Å². The molecule has 0 aliphatic carbocycles. The van der Waals surface area contributed by atoms with E-state index in [0.717, 1.165) is 44.9 Å². The highest BCUT2D eigenvalue weighted by Gasteiger charge is 2.15. The summed E-state index contributed by atoms with van der Waals surface area (Å²) in [5.74, 6) is -0.734. The molecule has 0 aliphatic heterocycles. The summed E-state index contributed by atoms with van der Waals surface area (Å²) in [5.41, 5.74) is 0. The van der Waals surface area contributed by atoms with E-state index in [4.69, 9.17) is 10.2 Å². The average Bonchev–Trinajstić information content (AvgIpc) is 2.40. The second kappa shape index (κ2) is 13.0. The van der Waals surface area contributed by atoms with Crippen molar-refractivity contribution >= 4 is 5.97 Å². The molecule has 5 nitrogen and oxygen atoms in total. The molecule has 0 spiro atoms. The van der Waals surface area contributed by atoms with Crippen LogP contribution in [0.15, 0.2) is 0 Å². The van der Waals surface area contributed by atoms with Gasteiger partial charge in [-0.15, -0.1) is 0 Å². The highest BCUT2D eigenvalue weighted by atomic mass is 16.4. The van der Waals surface area contributed by atoms with Crippen molar-refractivity contribution in [2.75, 3.05) is 0 Å². The predicted octanol–water partition coefficient (Wildman–Crippen LogP) is 2.46. The van der Waals surface area contributed by atoms with E-state index in [2.05, 4.69) is 0 Å². The number of hydrogen-bond acceptors (Lipinski definition) is 4. The molecule has 0 saturated carbocycles. The number of rotatable bonds is 14. The van der Waals surface area contributed by atoms with Crippen LogP contribution in [0.2, 0.25) is 0 Å². The molecule has 0 aromatic heterocycles. The lowest BCUT2D eigenvalue weighted by Crippen LogP contribution is -2.25. The van der Waals surface area contributed by atoms with Crippen LogP contribution >= 0.6 is 0 Å². The summed E-state index contributed by atoms with van der Waals surface area (Å²) in [6, 6.07) is 0. The lowest BCUT2D eigenvalue weighted by atomic mass is 10.00. The van der Waals surface area contributed by atoms with Gasteiger partial charge in [0.25, 0.3) is 0 Å². The normalized spacial score (nSPS) is 15.6. The fourth-order valence-corrected chi connectivity index (χ4v) is 2.34. The Kier molecular flexibility index (Phi) is 12.6. The third kappa shape index (κ3) is 14.1. The molecule has 0 heterocycles. The topological polar surface area (TPSA) is 98.0 Å². The van der Waals surface area contributed by atoms with E-state index in [1.807, 2.05) is 0 Å². The van der Waals surface area contributed by atoms with Crippen LogP contribution in [0.5, 0.6) is 0 Å². The summed E-state index contributed by atoms with van der Waals surface area (Å²) in [7, 11) is 0. The van der Waals surface area contributed by atoms with Gasteiger partial charge >= 0.3 is 5.97 Å². The molecule has 3 atom stereocenters. The van der Waals surface area contributed by atoms with Crippen molar-refractivity contribution in [3.63, 3.8) is 0 Å². The molecule has 0 amide bonds. The zero-order chi connectivity index (χ0) is 16.1. The first-order valence-electron chi connectivity index (χ1n) is 8.19. The Morgan fingerprint density at radius 2 is 1.24 bits per heavy atom. The molecule has 0 bridgehead atoms. The monoisotopic (exact) mass is 304 g/mol. The highest BCUT2D eigenvalue weighted by Crippen LogP contribution is 2.14. The minimum absolute atomic E-state index is 0.247. The predicted molar refractivity (Wildman–Crippen MR) is 82.1 cm³/mol. The maximum Gasteiger partial charge on any atom is 0.303 e. The summed E-state index contributed by atoms with van der Waals surface area (Å²) < 4.78 is 0. The van der Waals surface area contributed by atoms with E-state index >= 15 is 0 Å². The van der Waals surface area contributed by atoms with Crippen molar-refractivity contribution in [1.29, 1.82) is 0 Å². The van der Waals surface area contributed by atoms with Crippen LogP contribution in [0.4, 0.5) is 0 Å². The van der Waals surface area contributed by atoms with E-state index in [1.165, 1.54) is 0 Å². The smallest absolute Gasteiger partial charge is 0.303 e. The fourth-order valence-electron chi connectivity index (χ4n) is 2.34. The minimum Gasteiger partial charge on any atom is -0.481 e. The SMILES string of the molecule is C[C@H](O)CCC[C@H](O)[C@H](O)CCCCCCCCC(=O)O. The van der Waals surface area contributed by atoms with E-state index in [1.54, 1.807) is 6.92 Å². The molecule has 0 aliphatic rings. The maximum absolute atomic E-state index is 10.3. The number of aliphatic hydroxyl groups excluding tert-OH is 3. The van der Waals surface area contributed by atoms with Crippen LogP contribution in [0.3, 0.4) is 0 Å². The number of carboxylic acid groups (broad SMARTS) is 1. The molecule has 5 heteroatoms. The molecule has 0 rings (SSSR count). The molecule has 126 valence electrons. The Balaban J connectivity index is 3.39. The van der Waals surface area contributed by atoms with Gasteiger partial charge in [0.2, 0.25) is 0 Å². The van der Waals surface area contributed by atoms with Crippen LogP contribution in [0.25, 0.3) is 0 Å². The van der Waals surface area contributed by atoms with Gasteiger partial charge in [-0.25, -0.2) is 0 Å². The van der Waals surface area contributed by atoms with Crippen LogP contribution in [-0.2, 0) is 4.79 Å². The number of carboxylic acids is 1. The van der Waals surface area contributed by atoms with Gasteiger partial charge in [0.1, 0.15) is 0 Å². The van der Waals surface area contributed by atoms with E-state index < -0.39 is 18.2 Å². The van der Waals surface area contributed by atoms with Gasteiger partial charge in [-0.3, -0.25) is 4.79 Å². The van der Waals surface area contributed by atoms with Gasteiger partial charge in [-0.2, -0.15) is 0 Å². The molecule has 0 fully saturated rings. The molecule has 0 saturated heterocycles. The third-order valence-corrected chi connectivity index (χ3v) is 3.71. The van der Waals surface area contributed by atoms with Crippen molar-refractivity contribution < 1.29 is 25.2 Å². The van der Waals surface area contributed by atoms with Crippen molar-refractivity contribution in [3.05, 3.63) is 0 Å². The van der Waals surface area contributed by atoms with Crippen molar-refractivity contribution in [1.82, 2.24) is 0 Å². The standard InChI is InChI=1S/C16H32O5/c1-13(17)9-8-11-15(19)14(18)10-6-4-2-3-5-7-12-16(20)21/h13-15,17-19H,2-12H2,1H3,(H,20,21)/t13-,14+,15-/m0/s1. The van der Waals surface area contributed by atoms with Gasteiger partial charge in [0.15, 0.2) is 0 Å². The molecule has 4 N–H and O–H groups in total. The van der Waals surface area contributed by atoms with Gasteiger partial charge in [0.05, 0.1) is 18.3 Å². The van der Waals surface area contributed by atoms with E-state index in [-0.39, 0.29) is 12.5 Å². The summed E-state index contributed by atoms with van der Waals surface area (Å²) in [4.78, 5) is 10.3. The number of carbonyl (C=O) groups is 1. The average molecular weight is 304 g/mol. The molecule has 0 radical (unpaired) electrons. The molecule has 21 heavy (non-hydrogen) atoms. The Hall–Kier alpha value is -0.650. The Morgan fingerprint density at radius 3 is 1.76 bits per heavy atom. The maximum atomic E-state index is 10.3. The number of aliphatic carboxylic acids is 1. The molecular formula is C16H32O5. The number of aliphatic hydroxyl groups is 3. The van der Waals surface area contributed by atoms with Gasteiger partial charge < -0.3 is 20.4 Å². The second-order valence-electron chi connectivity index (χ2n) is 5.97. The quantitative estimate of drug-likeness (QED) is 0.370. The summed E-state index contributed by atoms with van der Waals surface area (Å²) in [6.45, 7) is 1.72. The lowest BCUT2D eigenvalue weighted by Gasteiger charge is -2.18. The summed E-state index contributed by atoms with van der Waals surface area (Å²) >= 11 is 0. The largest absolute Gasteiger partial charge is 0.481 e. The van der Waals surface area contributed by atoms with E-state index in [9.17, 15) is 15.0 Å². The Labute approximate surface area is 128 Å². The van der Waals surface area contributed by atoms with Gasteiger partial charge in [-0.05, 0) is 39.0 Å².